The number of ether oxygens (including phenoxy) is 1. The lowest BCUT2D eigenvalue weighted by molar-refractivity contribution is -0.137. The van der Waals surface area contributed by atoms with Gasteiger partial charge in [-0.2, -0.15) is 0 Å². The Kier molecular flexibility index (Phi) is 5.95. The smallest absolute Gasteiger partial charge is 0.249 e. The molecule has 0 aliphatic heterocycles. The molecule has 1 rings (SSSR count). The number of aromatic nitrogens is 1. The number of nitrogens with zero attached hydrogens (tertiary/aromatic N) is 1. The first-order chi connectivity index (χ1) is 9.32. The van der Waals surface area contributed by atoms with Crippen LogP contribution >= 0.6 is 15.9 Å². The van der Waals surface area contributed by atoms with E-state index in [1.165, 1.54) is 14.0 Å². The van der Waals surface area contributed by atoms with Gasteiger partial charge in [-0.15, -0.1) is 0 Å². The topological polar surface area (TPSA) is 85.4 Å². The van der Waals surface area contributed by atoms with E-state index in [4.69, 9.17) is 10.5 Å². The van der Waals surface area contributed by atoms with Crippen LogP contribution in [0.25, 0.3) is 0 Å². The summed E-state index contributed by atoms with van der Waals surface area (Å²) >= 11 is 3.31. The number of amides is 1. The second kappa shape index (κ2) is 7.04. The maximum atomic E-state index is 11.6. The van der Waals surface area contributed by atoms with Crippen LogP contribution in [-0.4, -0.2) is 28.7 Å². The molecule has 5 nitrogen and oxygen atoms in total. The number of unbranched alkanes of at least 4 members (excludes halogenated alkanes) is 1. The molecule has 0 saturated carbocycles. The first-order valence-corrected chi connectivity index (χ1v) is 7.36. The Balaban J connectivity index is 3.23. The minimum absolute atomic E-state index is 0.395. The summed E-state index contributed by atoms with van der Waals surface area (Å²) in [6.07, 6.45) is 2.51. The number of halogens is 1. The van der Waals surface area contributed by atoms with Crippen molar-refractivity contribution in [1.29, 1.82) is 0 Å². The van der Waals surface area contributed by atoms with Crippen molar-refractivity contribution in [1.82, 2.24) is 4.98 Å². The average molecular weight is 345 g/mol. The largest absolute Gasteiger partial charge is 0.481 e. The van der Waals surface area contributed by atoms with Crippen LogP contribution in [0, 0.1) is 0 Å². The third-order valence-corrected chi connectivity index (χ3v) is 3.83. The van der Waals surface area contributed by atoms with Crippen molar-refractivity contribution in [2.45, 2.75) is 44.6 Å². The molecule has 3 N–H and O–H groups in total. The number of pyridine rings is 1. The molecule has 0 aromatic carbocycles. The summed E-state index contributed by atoms with van der Waals surface area (Å²) in [6.45, 7) is 3.51. The van der Waals surface area contributed by atoms with E-state index in [0.29, 0.717) is 16.9 Å². The van der Waals surface area contributed by atoms with Gasteiger partial charge in [0, 0.05) is 12.0 Å². The molecule has 0 saturated heterocycles. The maximum absolute atomic E-state index is 11.6. The van der Waals surface area contributed by atoms with Crippen LogP contribution in [0.5, 0.6) is 5.88 Å². The van der Waals surface area contributed by atoms with Crippen molar-refractivity contribution in [3.8, 4) is 5.88 Å². The van der Waals surface area contributed by atoms with Crippen LogP contribution in [-0.2, 0) is 4.79 Å². The van der Waals surface area contributed by atoms with Gasteiger partial charge in [0.2, 0.25) is 11.8 Å². The number of carbonyl (C=O) groups excluding carboxylic acids is 1. The zero-order valence-electron chi connectivity index (χ0n) is 12.0. The van der Waals surface area contributed by atoms with Crippen LogP contribution in [0.2, 0.25) is 0 Å². The molecule has 2 atom stereocenters. The Morgan fingerprint density at radius 1 is 1.60 bits per heavy atom. The van der Waals surface area contributed by atoms with E-state index in [2.05, 4.69) is 27.8 Å². The van der Waals surface area contributed by atoms with Crippen molar-refractivity contribution < 1.29 is 14.6 Å². The molecule has 1 aromatic rings. The van der Waals surface area contributed by atoms with Gasteiger partial charge in [-0.1, -0.05) is 19.8 Å². The fraction of sp³-hybridized carbons (Fsp3) is 0.571. The Morgan fingerprint density at radius 2 is 2.25 bits per heavy atom. The van der Waals surface area contributed by atoms with E-state index in [-0.39, 0.29) is 0 Å². The zero-order chi connectivity index (χ0) is 15.3. The van der Waals surface area contributed by atoms with Crippen LogP contribution in [0.15, 0.2) is 16.7 Å². The number of primary amides is 1. The zero-order valence-corrected chi connectivity index (χ0v) is 13.6. The number of carbonyl (C=O) groups is 1. The lowest BCUT2D eigenvalue weighted by atomic mass is 9.80. The first kappa shape index (κ1) is 16.9. The fourth-order valence-electron chi connectivity index (χ4n) is 2.15. The number of aliphatic hydroxyl groups is 1. The van der Waals surface area contributed by atoms with Crippen molar-refractivity contribution in [2.75, 3.05) is 7.11 Å². The van der Waals surface area contributed by atoms with Crippen molar-refractivity contribution in [3.05, 3.63) is 22.3 Å². The van der Waals surface area contributed by atoms with E-state index in [9.17, 15) is 9.90 Å². The van der Waals surface area contributed by atoms with E-state index in [1.807, 2.05) is 0 Å². The standard InChI is InChI=1S/C14H21BrN2O3/c1-4-5-6-10(14(2,19)13(16)18)9-7-11(15)17-12(8-9)20-3/h7-8,10,19H,4-6H2,1-3H3,(H2,16,18). The third-order valence-electron chi connectivity index (χ3n) is 3.43. The Labute approximate surface area is 127 Å². The molecule has 1 heterocycles. The highest BCUT2D eigenvalue weighted by atomic mass is 79.9. The van der Waals surface area contributed by atoms with Gasteiger partial charge >= 0.3 is 0 Å². The van der Waals surface area contributed by atoms with Gasteiger partial charge in [0.1, 0.15) is 10.2 Å². The molecule has 112 valence electrons. The molecule has 0 bridgehead atoms. The molecule has 0 fully saturated rings. The van der Waals surface area contributed by atoms with Crippen molar-refractivity contribution in [3.63, 3.8) is 0 Å². The Hall–Kier alpha value is -1.14. The summed E-state index contributed by atoms with van der Waals surface area (Å²) in [5, 5.41) is 10.4. The molecule has 6 heteroatoms. The number of rotatable bonds is 7. The highest BCUT2D eigenvalue weighted by molar-refractivity contribution is 9.10. The molecule has 0 aliphatic rings. The number of nitrogens with two attached hydrogens (primary N) is 1. The lowest BCUT2D eigenvalue weighted by Gasteiger charge is -2.30. The second-order valence-corrected chi connectivity index (χ2v) is 5.78. The van der Waals surface area contributed by atoms with Gasteiger partial charge in [-0.05, 0) is 40.9 Å². The third kappa shape index (κ3) is 3.93. The van der Waals surface area contributed by atoms with Gasteiger partial charge in [0.25, 0.3) is 0 Å². The van der Waals surface area contributed by atoms with Gasteiger partial charge in [-0.25, -0.2) is 4.98 Å². The molecule has 0 radical (unpaired) electrons. The van der Waals surface area contributed by atoms with Crippen LogP contribution in [0.1, 0.15) is 44.6 Å². The Morgan fingerprint density at radius 3 is 2.75 bits per heavy atom. The van der Waals surface area contributed by atoms with Crippen LogP contribution in [0.3, 0.4) is 0 Å². The number of hydrogen-bond acceptors (Lipinski definition) is 4. The van der Waals surface area contributed by atoms with Gasteiger partial charge < -0.3 is 15.6 Å². The SMILES string of the molecule is CCCCC(c1cc(Br)nc(OC)c1)C(C)(O)C(N)=O. The normalized spacial score (nSPS) is 15.4. The quantitative estimate of drug-likeness (QED) is 0.743. The fourth-order valence-corrected chi connectivity index (χ4v) is 2.59. The lowest BCUT2D eigenvalue weighted by Crippen LogP contribution is -2.46. The summed E-state index contributed by atoms with van der Waals surface area (Å²) in [7, 11) is 1.52. The summed E-state index contributed by atoms with van der Waals surface area (Å²) in [5.74, 6) is -0.699. The molecule has 0 spiro atoms. The molecule has 2 unspecified atom stereocenters. The van der Waals surface area contributed by atoms with E-state index in [0.717, 1.165) is 18.4 Å². The van der Waals surface area contributed by atoms with Crippen molar-refractivity contribution >= 4 is 21.8 Å². The predicted octanol–water partition coefficient (Wildman–Crippen LogP) is 2.36. The molecule has 0 aliphatic carbocycles. The first-order valence-electron chi connectivity index (χ1n) is 6.56. The van der Waals surface area contributed by atoms with Gasteiger partial charge in [0.15, 0.2) is 0 Å². The minimum Gasteiger partial charge on any atom is -0.481 e. The van der Waals surface area contributed by atoms with Crippen LogP contribution in [0.4, 0.5) is 0 Å². The maximum Gasteiger partial charge on any atom is 0.249 e. The van der Waals surface area contributed by atoms with Crippen molar-refractivity contribution in [2.24, 2.45) is 5.73 Å². The highest BCUT2D eigenvalue weighted by Gasteiger charge is 2.38. The molecule has 1 amide bonds. The van der Waals surface area contributed by atoms with E-state index in [1.54, 1.807) is 12.1 Å². The number of methoxy groups -OCH3 is 1. The second-order valence-electron chi connectivity index (χ2n) is 4.97. The van der Waals surface area contributed by atoms with Gasteiger partial charge in [0.05, 0.1) is 7.11 Å². The van der Waals surface area contributed by atoms with Crippen LogP contribution < -0.4 is 10.5 Å². The molecular formula is C14H21BrN2O3. The highest BCUT2D eigenvalue weighted by Crippen LogP contribution is 2.35. The predicted molar refractivity (Wildman–Crippen MR) is 80.6 cm³/mol. The van der Waals surface area contributed by atoms with E-state index >= 15 is 0 Å². The summed E-state index contributed by atoms with van der Waals surface area (Å²) in [6, 6.07) is 3.50. The van der Waals surface area contributed by atoms with Gasteiger partial charge in [-0.3, -0.25) is 4.79 Å². The summed E-state index contributed by atoms with van der Waals surface area (Å²) < 4.78 is 5.72. The minimum atomic E-state index is -1.61. The summed E-state index contributed by atoms with van der Waals surface area (Å²) in [5.41, 5.74) is 4.51. The molecule has 20 heavy (non-hydrogen) atoms. The monoisotopic (exact) mass is 344 g/mol. The Bertz CT molecular complexity index is 477. The number of hydrogen-bond donors (Lipinski definition) is 2. The van der Waals surface area contributed by atoms with E-state index < -0.39 is 17.4 Å². The molecular weight excluding hydrogens is 324 g/mol. The summed E-state index contributed by atoms with van der Waals surface area (Å²) in [4.78, 5) is 15.7. The average Bonchev–Trinajstić information content (AvgIpc) is 2.38. The molecule has 1 aromatic heterocycles.